The van der Waals surface area contributed by atoms with Crippen LogP contribution in [0.1, 0.15) is 31.1 Å². The third-order valence-electron chi connectivity index (χ3n) is 4.53. The van der Waals surface area contributed by atoms with E-state index in [2.05, 4.69) is 15.2 Å². The van der Waals surface area contributed by atoms with E-state index in [1.807, 2.05) is 26.8 Å². The number of nitrogens with one attached hydrogen (secondary N) is 2. The average molecular weight is 346 g/mol. The molecule has 7 nitrogen and oxygen atoms in total. The number of aromatic nitrogens is 2. The highest BCUT2D eigenvalue weighted by Gasteiger charge is 2.25. The van der Waals surface area contributed by atoms with E-state index in [-0.39, 0.29) is 17.1 Å². The predicted octanol–water partition coefficient (Wildman–Crippen LogP) is 1.19. The van der Waals surface area contributed by atoms with Gasteiger partial charge in [-0.25, -0.2) is 4.79 Å². The third kappa shape index (κ3) is 3.93. The second-order valence-electron chi connectivity index (χ2n) is 7.13. The summed E-state index contributed by atoms with van der Waals surface area (Å²) < 4.78 is 7.02. The van der Waals surface area contributed by atoms with E-state index in [1.165, 1.54) is 0 Å². The van der Waals surface area contributed by atoms with Crippen molar-refractivity contribution in [2.24, 2.45) is 0 Å². The van der Waals surface area contributed by atoms with Crippen molar-refractivity contribution in [3.05, 3.63) is 34.2 Å². The van der Waals surface area contributed by atoms with Gasteiger partial charge in [0, 0.05) is 37.3 Å². The number of morpholine rings is 1. The quantitative estimate of drug-likeness (QED) is 0.852. The van der Waals surface area contributed by atoms with Crippen molar-refractivity contribution < 1.29 is 9.53 Å². The Labute approximate surface area is 147 Å². The Bertz CT molecular complexity index is 815. The van der Waals surface area contributed by atoms with Crippen LogP contribution in [0.15, 0.2) is 23.0 Å². The zero-order valence-electron chi connectivity index (χ0n) is 15.1. The molecule has 0 spiro atoms. The van der Waals surface area contributed by atoms with Gasteiger partial charge in [-0.2, -0.15) is 0 Å². The maximum absolute atomic E-state index is 12.7. The van der Waals surface area contributed by atoms with Crippen molar-refractivity contribution >= 4 is 16.9 Å². The van der Waals surface area contributed by atoms with Crippen molar-refractivity contribution in [1.29, 1.82) is 0 Å². The average Bonchev–Trinajstić information content (AvgIpc) is 2.88. The Morgan fingerprint density at radius 3 is 2.72 bits per heavy atom. The first-order valence-corrected chi connectivity index (χ1v) is 8.75. The van der Waals surface area contributed by atoms with E-state index in [4.69, 9.17) is 4.74 Å². The lowest BCUT2D eigenvalue weighted by Gasteiger charge is -2.35. The molecule has 1 saturated heterocycles. The maximum Gasteiger partial charge on any atom is 0.326 e. The van der Waals surface area contributed by atoms with Crippen LogP contribution in [-0.2, 0) is 11.3 Å². The molecule has 0 unspecified atom stereocenters. The summed E-state index contributed by atoms with van der Waals surface area (Å²) >= 11 is 0. The Kier molecular flexibility index (Phi) is 4.96. The highest BCUT2D eigenvalue weighted by molar-refractivity contribution is 5.97. The molecule has 1 aliphatic heterocycles. The molecule has 0 saturated carbocycles. The molecule has 1 aromatic carbocycles. The molecule has 2 heterocycles. The van der Waals surface area contributed by atoms with Gasteiger partial charge in [0.15, 0.2) is 0 Å². The SMILES string of the molecule is CCn1c(=O)[nH]c2cc(C(=O)NC(C)(C)CN3CCOCC3)ccc21. The zero-order chi connectivity index (χ0) is 18.0. The molecule has 136 valence electrons. The van der Waals surface area contributed by atoms with E-state index in [9.17, 15) is 9.59 Å². The van der Waals surface area contributed by atoms with Crippen LogP contribution in [0.5, 0.6) is 0 Å². The summed E-state index contributed by atoms with van der Waals surface area (Å²) in [5.74, 6) is -0.134. The van der Waals surface area contributed by atoms with Crippen molar-refractivity contribution in [1.82, 2.24) is 19.8 Å². The van der Waals surface area contributed by atoms with E-state index in [0.717, 1.165) is 38.4 Å². The number of H-pyrrole nitrogens is 1. The summed E-state index contributed by atoms with van der Waals surface area (Å²) in [5.41, 5.74) is 1.54. The number of carbonyl (C=O) groups excluding carboxylic acids is 1. The molecule has 2 N–H and O–H groups in total. The Morgan fingerprint density at radius 1 is 1.32 bits per heavy atom. The minimum absolute atomic E-state index is 0.134. The Balaban J connectivity index is 1.73. The van der Waals surface area contributed by atoms with Crippen molar-refractivity contribution in [2.75, 3.05) is 32.8 Å². The molecule has 0 atom stereocenters. The minimum atomic E-state index is -0.355. The molecule has 0 bridgehead atoms. The molecular formula is C18H26N4O3. The van der Waals surface area contributed by atoms with Gasteiger partial charge in [-0.05, 0) is 39.0 Å². The number of ether oxygens (including phenoxy) is 1. The van der Waals surface area contributed by atoms with Crippen LogP contribution in [-0.4, -0.2) is 58.7 Å². The first kappa shape index (κ1) is 17.7. The fourth-order valence-electron chi connectivity index (χ4n) is 3.36. The molecule has 2 aromatic rings. The van der Waals surface area contributed by atoms with E-state index in [1.54, 1.807) is 16.7 Å². The first-order valence-electron chi connectivity index (χ1n) is 8.75. The number of hydrogen-bond donors (Lipinski definition) is 2. The number of imidazole rings is 1. The molecule has 3 rings (SSSR count). The zero-order valence-corrected chi connectivity index (χ0v) is 15.1. The second-order valence-corrected chi connectivity index (χ2v) is 7.13. The molecule has 1 aromatic heterocycles. The second kappa shape index (κ2) is 7.01. The lowest BCUT2D eigenvalue weighted by Crippen LogP contribution is -2.53. The van der Waals surface area contributed by atoms with Crippen molar-refractivity contribution in [3.8, 4) is 0 Å². The molecule has 1 aliphatic rings. The lowest BCUT2D eigenvalue weighted by atomic mass is 10.0. The molecule has 25 heavy (non-hydrogen) atoms. The first-order chi connectivity index (χ1) is 11.9. The lowest BCUT2D eigenvalue weighted by molar-refractivity contribution is 0.0269. The van der Waals surface area contributed by atoms with Gasteiger partial charge >= 0.3 is 5.69 Å². The number of nitrogens with zero attached hydrogens (tertiary/aromatic N) is 2. The van der Waals surface area contributed by atoms with Gasteiger partial charge < -0.3 is 15.0 Å². The van der Waals surface area contributed by atoms with Crippen molar-refractivity contribution in [2.45, 2.75) is 32.9 Å². The number of aryl methyl sites for hydroxylation is 1. The molecule has 1 amide bonds. The summed E-state index contributed by atoms with van der Waals surface area (Å²) in [6.07, 6.45) is 0. The number of carbonyl (C=O) groups is 1. The summed E-state index contributed by atoms with van der Waals surface area (Å²) in [6.45, 7) is 10.6. The molecular weight excluding hydrogens is 320 g/mol. The van der Waals surface area contributed by atoms with Gasteiger partial charge in [-0.3, -0.25) is 14.3 Å². The van der Waals surface area contributed by atoms with E-state index < -0.39 is 0 Å². The summed E-state index contributed by atoms with van der Waals surface area (Å²) in [7, 11) is 0. The van der Waals surface area contributed by atoms with E-state index in [0.29, 0.717) is 17.6 Å². The number of benzene rings is 1. The standard InChI is InChI=1S/C18H26N4O3/c1-4-22-15-6-5-13(11-14(15)19-17(22)24)16(23)20-18(2,3)12-21-7-9-25-10-8-21/h5-6,11H,4,7-10,12H2,1-3H3,(H,19,24)(H,20,23). The van der Waals surface area contributed by atoms with Crippen molar-refractivity contribution in [3.63, 3.8) is 0 Å². The Morgan fingerprint density at radius 2 is 2.04 bits per heavy atom. The smallest absolute Gasteiger partial charge is 0.326 e. The van der Waals surface area contributed by atoms with Gasteiger partial charge in [0.1, 0.15) is 0 Å². The topological polar surface area (TPSA) is 79.4 Å². The van der Waals surface area contributed by atoms with Gasteiger partial charge in [0.2, 0.25) is 0 Å². The van der Waals surface area contributed by atoms with Crippen LogP contribution in [0.2, 0.25) is 0 Å². The van der Waals surface area contributed by atoms with Crippen LogP contribution in [0.3, 0.4) is 0 Å². The Hall–Kier alpha value is -2.12. The molecule has 7 heteroatoms. The number of amides is 1. The molecule has 1 fully saturated rings. The van der Waals surface area contributed by atoms with Crippen LogP contribution in [0, 0.1) is 0 Å². The third-order valence-corrected chi connectivity index (χ3v) is 4.53. The number of aromatic amines is 1. The van der Waals surface area contributed by atoms with Crippen LogP contribution in [0.4, 0.5) is 0 Å². The van der Waals surface area contributed by atoms with Gasteiger partial charge in [-0.15, -0.1) is 0 Å². The fraction of sp³-hybridized carbons (Fsp3) is 0.556. The highest BCUT2D eigenvalue weighted by atomic mass is 16.5. The normalized spacial score (nSPS) is 16.3. The molecule has 0 aliphatic carbocycles. The fourth-order valence-corrected chi connectivity index (χ4v) is 3.36. The minimum Gasteiger partial charge on any atom is -0.379 e. The van der Waals surface area contributed by atoms with E-state index >= 15 is 0 Å². The largest absolute Gasteiger partial charge is 0.379 e. The number of rotatable bonds is 5. The molecule has 0 radical (unpaired) electrons. The number of hydrogen-bond acceptors (Lipinski definition) is 4. The monoisotopic (exact) mass is 346 g/mol. The maximum atomic E-state index is 12.7. The summed E-state index contributed by atoms with van der Waals surface area (Å²) in [5, 5.41) is 3.10. The highest BCUT2D eigenvalue weighted by Crippen LogP contribution is 2.15. The summed E-state index contributed by atoms with van der Waals surface area (Å²) in [6, 6.07) is 5.32. The summed E-state index contributed by atoms with van der Waals surface area (Å²) in [4.78, 5) is 29.7. The van der Waals surface area contributed by atoms with Crippen LogP contribution in [0.25, 0.3) is 11.0 Å². The van der Waals surface area contributed by atoms with Gasteiger partial charge in [-0.1, -0.05) is 0 Å². The van der Waals surface area contributed by atoms with Crippen LogP contribution < -0.4 is 11.0 Å². The van der Waals surface area contributed by atoms with Gasteiger partial charge in [0.05, 0.1) is 24.2 Å². The number of fused-ring (bicyclic) bond motifs is 1. The predicted molar refractivity (Wildman–Crippen MR) is 97.0 cm³/mol. The van der Waals surface area contributed by atoms with Gasteiger partial charge in [0.25, 0.3) is 5.91 Å². The van der Waals surface area contributed by atoms with Crippen LogP contribution >= 0.6 is 0 Å².